The standard InChI is InChI=1S/C27H26ClN3O4S2/c1-29(37(33,34)22-9-10-24(35-2)23(28)18-22)21-8-11-25-19(16-21)17-26(36-25)27(32)31-14-12-30(13-15-31)20-6-4-3-5-7-20/h3-11,16-18H,12-15H2,1-2H3. The highest BCUT2D eigenvalue weighted by molar-refractivity contribution is 7.92. The Bertz CT molecular complexity index is 1550. The van der Waals surface area contributed by atoms with Gasteiger partial charge in [-0.3, -0.25) is 9.10 Å². The van der Waals surface area contributed by atoms with Gasteiger partial charge in [-0.1, -0.05) is 29.8 Å². The molecule has 7 nitrogen and oxygen atoms in total. The number of hydrogen-bond donors (Lipinski definition) is 0. The van der Waals surface area contributed by atoms with Gasteiger partial charge in [-0.15, -0.1) is 11.3 Å². The first-order chi connectivity index (χ1) is 17.8. The smallest absolute Gasteiger partial charge is 0.264 e. The number of hydrogen-bond acceptors (Lipinski definition) is 6. The summed E-state index contributed by atoms with van der Waals surface area (Å²) in [5, 5.41) is 1.04. The number of sulfonamides is 1. The zero-order chi connectivity index (χ0) is 26.2. The number of anilines is 2. The highest BCUT2D eigenvalue weighted by atomic mass is 35.5. The second-order valence-electron chi connectivity index (χ2n) is 8.72. The molecule has 0 radical (unpaired) electrons. The Hall–Kier alpha value is -3.27. The van der Waals surface area contributed by atoms with Gasteiger partial charge in [0, 0.05) is 43.6 Å². The Morgan fingerprint density at radius 1 is 0.973 bits per heavy atom. The predicted molar refractivity (Wildman–Crippen MR) is 150 cm³/mol. The molecule has 10 heteroatoms. The molecule has 1 aliphatic rings. The molecule has 0 N–H and O–H groups in total. The lowest BCUT2D eigenvalue weighted by Gasteiger charge is -2.35. The summed E-state index contributed by atoms with van der Waals surface area (Å²) in [4.78, 5) is 18.1. The molecule has 1 aromatic heterocycles. The average Bonchev–Trinajstić information content (AvgIpc) is 3.36. The first-order valence-electron chi connectivity index (χ1n) is 11.7. The zero-order valence-corrected chi connectivity index (χ0v) is 22.8. The molecule has 192 valence electrons. The summed E-state index contributed by atoms with van der Waals surface area (Å²) < 4.78 is 33.7. The van der Waals surface area contributed by atoms with Crippen molar-refractivity contribution in [2.45, 2.75) is 4.90 Å². The van der Waals surface area contributed by atoms with E-state index in [2.05, 4.69) is 17.0 Å². The van der Waals surface area contributed by atoms with E-state index in [1.165, 1.54) is 53.7 Å². The molecule has 2 heterocycles. The van der Waals surface area contributed by atoms with E-state index in [1.807, 2.05) is 35.2 Å². The number of amides is 1. The number of methoxy groups -OCH3 is 1. The van der Waals surface area contributed by atoms with Crippen molar-refractivity contribution in [1.82, 2.24) is 4.90 Å². The molecule has 4 aromatic rings. The monoisotopic (exact) mass is 555 g/mol. The van der Waals surface area contributed by atoms with Gasteiger partial charge in [0.1, 0.15) is 5.75 Å². The van der Waals surface area contributed by atoms with Crippen molar-refractivity contribution in [2.24, 2.45) is 0 Å². The average molecular weight is 556 g/mol. The van der Waals surface area contributed by atoms with Gasteiger partial charge in [0.2, 0.25) is 0 Å². The summed E-state index contributed by atoms with van der Waals surface area (Å²) in [7, 11) is -0.873. The van der Waals surface area contributed by atoms with Crippen molar-refractivity contribution in [2.75, 3.05) is 49.5 Å². The molecule has 0 atom stereocenters. The van der Waals surface area contributed by atoms with Crippen LogP contribution in [-0.4, -0.2) is 59.6 Å². The van der Waals surface area contributed by atoms with E-state index >= 15 is 0 Å². The number of ether oxygens (including phenoxy) is 1. The van der Waals surface area contributed by atoms with Crippen molar-refractivity contribution >= 4 is 60.3 Å². The van der Waals surface area contributed by atoms with Crippen LogP contribution in [0, 0.1) is 0 Å². The molecule has 5 rings (SSSR count). The quantitative estimate of drug-likeness (QED) is 0.321. The maximum Gasteiger partial charge on any atom is 0.264 e. The molecule has 37 heavy (non-hydrogen) atoms. The third-order valence-corrected chi connectivity index (χ3v) is 9.73. The summed E-state index contributed by atoms with van der Waals surface area (Å²) >= 11 is 7.58. The van der Waals surface area contributed by atoms with Gasteiger partial charge in [0.05, 0.1) is 27.6 Å². The molecular formula is C27H26ClN3O4S2. The van der Waals surface area contributed by atoms with Crippen LogP contribution in [0.2, 0.25) is 5.02 Å². The van der Waals surface area contributed by atoms with Crippen LogP contribution in [0.15, 0.2) is 77.7 Å². The van der Waals surface area contributed by atoms with Crippen molar-refractivity contribution in [3.05, 3.63) is 82.7 Å². The molecule has 1 saturated heterocycles. The summed E-state index contributed by atoms with van der Waals surface area (Å²) in [6, 6.07) is 21.8. The van der Waals surface area contributed by atoms with E-state index in [1.54, 1.807) is 12.1 Å². The molecule has 0 spiro atoms. The van der Waals surface area contributed by atoms with Crippen LogP contribution in [0.25, 0.3) is 10.1 Å². The lowest BCUT2D eigenvalue weighted by Crippen LogP contribution is -2.48. The first-order valence-corrected chi connectivity index (χ1v) is 14.4. The minimum Gasteiger partial charge on any atom is -0.495 e. The van der Waals surface area contributed by atoms with E-state index in [4.69, 9.17) is 16.3 Å². The normalized spacial score (nSPS) is 14.1. The van der Waals surface area contributed by atoms with Gasteiger partial charge >= 0.3 is 0 Å². The molecule has 0 unspecified atom stereocenters. The molecule has 1 aliphatic heterocycles. The van der Waals surface area contributed by atoms with Crippen molar-refractivity contribution in [1.29, 1.82) is 0 Å². The number of thiophene rings is 1. The summed E-state index contributed by atoms with van der Waals surface area (Å²) in [5.41, 5.74) is 1.66. The van der Waals surface area contributed by atoms with Gasteiger partial charge < -0.3 is 14.5 Å². The number of para-hydroxylation sites is 1. The SMILES string of the molecule is COc1ccc(S(=O)(=O)N(C)c2ccc3sc(C(=O)N4CCN(c5ccccc5)CC4)cc3c2)cc1Cl. The van der Waals surface area contributed by atoms with Crippen molar-refractivity contribution < 1.29 is 17.9 Å². The number of benzene rings is 3. The van der Waals surface area contributed by atoms with Gasteiger partial charge in [-0.2, -0.15) is 0 Å². The fourth-order valence-electron chi connectivity index (χ4n) is 4.40. The minimum absolute atomic E-state index is 0.00399. The predicted octanol–water partition coefficient (Wildman–Crippen LogP) is 5.35. The summed E-state index contributed by atoms with van der Waals surface area (Å²) in [6.45, 7) is 2.86. The molecular weight excluding hydrogens is 530 g/mol. The molecule has 0 aliphatic carbocycles. The lowest BCUT2D eigenvalue weighted by atomic mass is 10.2. The van der Waals surface area contributed by atoms with E-state index in [0.29, 0.717) is 29.4 Å². The van der Waals surface area contributed by atoms with E-state index in [0.717, 1.165) is 23.2 Å². The van der Waals surface area contributed by atoms with Gasteiger partial charge in [0.15, 0.2) is 0 Å². The number of halogens is 1. The van der Waals surface area contributed by atoms with E-state index in [-0.39, 0.29) is 15.8 Å². The first kappa shape index (κ1) is 25.4. The maximum absolute atomic E-state index is 13.2. The van der Waals surface area contributed by atoms with Crippen LogP contribution in [0.1, 0.15) is 9.67 Å². The van der Waals surface area contributed by atoms with E-state index < -0.39 is 10.0 Å². The number of carbonyl (C=O) groups excluding carboxylic acids is 1. The van der Waals surface area contributed by atoms with Crippen LogP contribution in [0.3, 0.4) is 0 Å². The Balaban J connectivity index is 1.33. The third kappa shape index (κ3) is 4.99. The van der Waals surface area contributed by atoms with Crippen LogP contribution < -0.4 is 13.9 Å². The van der Waals surface area contributed by atoms with Gasteiger partial charge in [-0.05, 0) is 60.0 Å². The Kier molecular flexibility index (Phi) is 7.02. The molecule has 0 saturated carbocycles. The Morgan fingerprint density at radius 2 is 1.70 bits per heavy atom. The van der Waals surface area contributed by atoms with Gasteiger partial charge in [0.25, 0.3) is 15.9 Å². The van der Waals surface area contributed by atoms with Crippen LogP contribution in [0.4, 0.5) is 11.4 Å². The molecule has 3 aromatic carbocycles. The molecule has 1 fully saturated rings. The van der Waals surface area contributed by atoms with Crippen molar-refractivity contribution in [3.63, 3.8) is 0 Å². The molecule has 1 amide bonds. The molecule has 0 bridgehead atoms. The van der Waals surface area contributed by atoms with Crippen LogP contribution >= 0.6 is 22.9 Å². The summed E-state index contributed by atoms with van der Waals surface area (Å²) in [5.74, 6) is 0.408. The highest BCUT2D eigenvalue weighted by Crippen LogP contribution is 2.33. The second kappa shape index (κ2) is 10.2. The number of nitrogens with zero attached hydrogens (tertiary/aromatic N) is 3. The fraction of sp³-hybridized carbons (Fsp3) is 0.222. The number of fused-ring (bicyclic) bond motifs is 1. The van der Waals surface area contributed by atoms with Gasteiger partial charge in [-0.25, -0.2) is 8.42 Å². The largest absolute Gasteiger partial charge is 0.495 e. The number of rotatable bonds is 6. The second-order valence-corrected chi connectivity index (χ2v) is 12.2. The lowest BCUT2D eigenvalue weighted by molar-refractivity contribution is 0.0751. The van der Waals surface area contributed by atoms with Crippen LogP contribution in [0.5, 0.6) is 5.75 Å². The zero-order valence-electron chi connectivity index (χ0n) is 20.4. The maximum atomic E-state index is 13.2. The fourth-order valence-corrected chi connectivity index (χ4v) is 6.95. The summed E-state index contributed by atoms with van der Waals surface area (Å²) in [6.07, 6.45) is 0. The van der Waals surface area contributed by atoms with Crippen LogP contribution in [-0.2, 0) is 10.0 Å². The number of piperazine rings is 1. The van der Waals surface area contributed by atoms with Crippen molar-refractivity contribution in [3.8, 4) is 5.75 Å². The third-order valence-electron chi connectivity index (χ3n) is 6.54. The van der Waals surface area contributed by atoms with E-state index in [9.17, 15) is 13.2 Å². The topological polar surface area (TPSA) is 70.2 Å². The minimum atomic E-state index is -3.85. The Labute approximate surface area is 225 Å². The highest BCUT2D eigenvalue weighted by Gasteiger charge is 2.25. The number of carbonyl (C=O) groups is 1. The Morgan fingerprint density at radius 3 is 2.38 bits per heavy atom.